The minimum Gasteiger partial charge on any atom is -0.398 e. The summed E-state index contributed by atoms with van der Waals surface area (Å²) in [5, 5.41) is 9.27. The number of allylic oxidation sites excluding steroid dienone is 1. The smallest absolute Gasteiger partial charge is 0.171 e. The zero-order valence-corrected chi connectivity index (χ0v) is 14.1. The predicted molar refractivity (Wildman–Crippen MR) is 97.5 cm³/mol. The summed E-state index contributed by atoms with van der Waals surface area (Å²) in [7, 11) is 1.79. The molecule has 0 bridgehead atoms. The summed E-state index contributed by atoms with van der Waals surface area (Å²) in [4.78, 5) is 15.8. The highest BCUT2D eigenvalue weighted by atomic mass is 35.5. The lowest BCUT2D eigenvalue weighted by Gasteiger charge is -2.08. The van der Waals surface area contributed by atoms with E-state index in [4.69, 9.17) is 22.6 Å². The molecule has 0 aromatic carbocycles. The number of rotatable bonds is 3. The van der Waals surface area contributed by atoms with E-state index in [1.54, 1.807) is 43.9 Å². The zero-order chi connectivity index (χ0) is 17.8. The summed E-state index contributed by atoms with van der Waals surface area (Å²) in [6.07, 6.45) is 5.08. The van der Waals surface area contributed by atoms with Gasteiger partial charge in [-0.05, 0) is 30.3 Å². The zero-order valence-electron chi connectivity index (χ0n) is 13.4. The molecule has 0 spiro atoms. The number of hydrogen-bond donors (Lipinski definition) is 2. The summed E-state index contributed by atoms with van der Waals surface area (Å²) in [5.74, 6) is 0. The second kappa shape index (κ2) is 7.07. The monoisotopic (exact) mass is 349 g/mol. The molecule has 0 radical (unpaired) electrons. The van der Waals surface area contributed by atoms with Gasteiger partial charge >= 0.3 is 0 Å². The number of fused-ring (bicyclic) bond motifs is 1. The number of pyridine rings is 3. The van der Waals surface area contributed by atoms with Gasteiger partial charge in [-0.3, -0.25) is 9.98 Å². The maximum absolute atomic E-state index is 8.86. The van der Waals surface area contributed by atoms with E-state index in [1.165, 1.54) is 0 Å². The average molecular weight is 350 g/mol. The number of nitrogens with two attached hydrogens (primary N) is 1. The van der Waals surface area contributed by atoms with Crippen LogP contribution in [0, 0.1) is 11.3 Å². The number of nitrogens with one attached hydrogen (secondary N) is 1. The molecule has 122 valence electrons. The van der Waals surface area contributed by atoms with E-state index in [1.807, 2.05) is 18.2 Å². The van der Waals surface area contributed by atoms with Crippen LogP contribution in [0.15, 0.2) is 42.7 Å². The predicted octanol–water partition coefficient (Wildman–Crippen LogP) is 1.16. The van der Waals surface area contributed by atoms with Crippen LogP contribution in [-0.4, -0.2) is 28.2 Å². The van der Waals surface area contributed by atoms with E-state index in [9.17, 15) is 0 Å². The Bertz CT molecular complexity index is 1030. The first-order valence-electron chi connectivity index (χ1n) is 7.42. The molecule has 0 aliphatic carbocycles. The molecule has 0 aliphatic rings. The van der Waals surface area contributed by atoms with Crippen LogP contribution in [-0.2, 0) is 0 Å². The first-order chi connectivity index (χ1) is 12.1. The van der Waals surface area contributed by atoms with Crippen LogP contribution in [0.4, 0.5) is 0 Å². The third-order valence-electron chi connectivity index (χ3n) is 3.58. The molecule has 0 atom stereocenters. The lowest BCUT2D eigenvalue weighted by molar-refractivity contribution is -0.412. The summed E-state index contributed by atoms with van der Waals surface area (Å²) < 4.78 is 0. The molecule has 0 fully saturated rings. The van der Waals surface area contributed by atoms with Gasteiger partial charge in [0.1, 0.15) is 24.0 Å². The van der Waals surface area contributed by atoms with Gasteiger partial charge in [0.2, 0.25) is 0 Å². The topological polar surface area (TPSA) is 102 Å². The van der Waals surface area contributed by atoms with Crippen LogP contribution in [0.5, 0.6) is 0 Å². The fourth-order valence-electron chi connectivity index (χ4n) is 2.36. The Labute approximate surface area is 149 Å². The quantitative estimate of drug-likeness (QED) is 0.545. The molecule has 0 saturated carbocycles. The third-order valence-corrected chi connectivity index (χ3v) is 3.79. The van der Waals surface area contributed by atoms with E-state index in [2.05, 4.69) is 19.9 Å². The highest BCUT2D eigenvalue weighted by molar-refractivity contribution is 6.29. The van der Waals surface area contributed by atoms with Crippen molar-refractivity contribution in [2.75, 3.05) is 7.05 Å². The Morgan fingerprint density at radius 3 is 2.64 bits per heavy atom. The molecule has 3 aromatic rings. The molecule has 7 heteroatoms. The van der Waals surface area contributed by atoms with Gasteiger partial charge in [-0.1, -0.05) is 11.6 Å². The molecule has 3 heterocycles. The van der Waals surface area contributed by atoms with Gasteiger partial charge < -0.3 is 5.73 Å². The second-order valence-corrected chi connectivity index (χ2v) is 5.59. The molecule has 25 heavy (non-hydrogen) atoms. The standard InChI is InChI=1S/C18H13ClN6/c1-22-10-14(18(21)11-2-3-13(7-20)23-8-11)12-6-16-15(24-9-12)4-5-17(19)25-16/h2-6,8-10H,21H2,1H3/p+1. The maximum atomic E-state index is 8.86. The van der Waals surface area contributed by atoms with Gasteiger partial charge in [-0.15, -0.1) is 0 Å². The van der Waals surface area contributed by atoms with Crippen LogP contribution in [0.3, 0.4) is 0 Å². The van der Waals surface area contributed by atoms with Crippen LogP contribution in [0.25, 0.3) is 22.3 Å². The Kier molecular flexibility index (Phi) is 4.68. The van der Waals surface area contributed by atoms with Crippen molar-refractivity contribution in [3.05, 3.63) is 64.7 Å². The molecule has 0 unspecified atom stereocenters. The van der Waals surface area contributed by atoms with Gasteiger partial charge in [0.25, 0.3) is 0 Å². The van der Waals surface area contributed by atoms with Crippen molar-refractivity contribution in [2.24, 2.45) is 5.73 Å². The van der Waals surface area contributed by atoms with Crippen molar-refractivity contribution in [1.82, 2.24) is 15.0 Å². The largest absolute Gasteiger partial charge is 0.398 e. The van der Waals surface area contributed by atoms with Gasteiger partial charge in [0.15, 0.2) is 6.21 Å². The molecule has 0 aliphatic heterocycles. The average Bonchev–Trinajstić information content (AvgIpc) is 2.65. The Hall–Kier alpha value is -3.30. The Morgan fingerprint density at radius 2 is 1.96 bits per heavy atom. The molecule has 0 saturated heterocycles. The third kappa shape index (κ3) is 3.47. The summed E-state index contributed by atoms with van der Waals surface area (Å²) in [5.41, 5.74) is 10.8. The van der Waals surface area contributed by atoms with Gasteiger partial charge in [-0.25, -0.2) is 9.97 Å². The minimum absolute atomic E-state index is 0.335. The Balaban J connectivity index is 2.15. The molecular formula is C18H14ClN6+. The normalized spacial score (nSPS) is 12.2. The van der Waals surface area contributed by atoms with E-state index >= 15 is 0 Å². The number of aromatic nitrogens is 3. The van der Waals surface area contributed by atoms with Gasteiger partial charge in [-0.2, -0.15) is 5.26 Å². The van der Waals surface area contributed by atoms with Gasteiger partial charge in [0, 0.05) is 23.5 Å². The molecular weight excluding hydrogens is 336 g/mol. The van der Waals surface area contributed by atoms with Crippen molar-refractivity contribution in [3.8, 4) is 6.07 Å². The highest BCUT2D eigenvalue weighted by Crippen LogP contribution is 2.23. The first-order valence-corrected chi connectivity index (χ1v) is 7.79. The van der Waals surface area contributed by atoms with Crippen molar-refractivity contribution < 1.29 is 4.99 Å². The SMILES string of the molecule is C[NH+]=CC(=C(N)c1ccc(C#N)nc1)c1cnc2ccc(Cl)nc2c1. The van der Waals surface area contributed by atoms with E-state index in [-0.39, 0.29) is 0 Å². The maximum Gasteiger partial charge on any atom is 0.171 e. The number of halogens is 1. The summed E-state index contributed by atoms with van der Waals surface area (Å²) in [6, 6.07) is 10.8. The van der Waals surface area contributed by atoms with Crippen LogP contribution in [0.1, 0.15) is 16.8 Å². The van der Waals surface area contributed by atoms with E-state index < -0.39 is 0 Å². The second-order valence-electron chi connectivity index (χ2n) is 5.20. The van der Waals surface area contributed by atoms with Crippen molar-refractivity contribution >= 4 is 40.1 Å². The number of nitriles is 1. The summed E-state index contributed by atoms with van der Waals surface area (Å²) in [6.45, 7) is 0. The number of hydrogen-bond acceptors (Lipinski definition) is 5. The summed E-state index contributed by atoms with van der Waals surface area (Å²) >= 11 is 5.97. The molecule has 6 nitrogen and oxygen atoms in total. The minimum atomic E-state index is 0.335. The molecule has 3 rings (SSSR count). The molecule has 0 amide bonds. The van der Waals surface area contributed by atoms with Crippen molar-refractivity contribution in [3.63, 3.8) is 0 Å². The highest BCUT2D eigenvalue weighted by Gasteiger charge is 2.12. The van der Waals surface area contributed by atoms with Crippen LogP contribution >= 0.6 is 11.6 Å². The molecule has 3 N–H and O–H groups in total. The van der Waals surface area contributed by atoms with Crippen LogP contribution in [0.2, 0.25) is 5.15 Å². The lowest BCUT2D eigenvalue weighted by atomic mass is 10.0. The van der Waals surface area contributed by atoms with Crippen molar-refractivity contribution in [1.29, 1.82) is 5.26 Å². The van der Waals surface area contributed by atoms with Crippen molar-refractivity contribution in [2.45, 2.75) is 0 Å². The fourth-order valence-corrected chi connectivity index (χ4v) is 2.52. The van der Waals surface area contributed by atoms with E-state index in [0.29, 0.717) is 27.6 Å². The van der Waals surface area contributed by atoms with Gasteiger partial charge in [0.05, 0.1) is 22.3 Å². The van der Waals surface area contributed by atoms with Crippen LogP contribution < -0.4 is 10.7 Å². The molecule has 3 aromatic heterocycles. The fraction of sp³-hybridized carbons (Fsp3) is 0.0556. The Morgan fingerprint density at radius 1 is 1.16 bits per heavy atom. The van der Waals surface area contributed by atoms with E-state index in [0.717, 1.165) is 16.7 Å². The lowest BCUT2D eigenvalue weighted by Crippen LogP contribution is -2.63. The number of nitrogens with zero attached hydrogens (tertiary/aromatic N) is 4. The first kappa shape index (κ1) is 16.6.